The maximum atomic E-state index is 10.8. The van der Waals surface area contributed by atoms with E-state index in [9.17, 15) is 5.11 Å². The molecule has 0 amide bonds. The van der Waals surface area contributed by atoms with Crippen LogP contribution in [-0.4, -0.2) is 40.3 Å². The number of piperidine rings is 1. The zero-order chi connectivity index (χ0) is 18.5. The number of likely N-dealkylation sites (tertiary alicyclic amines) is 1. The largest absolute Gasteiger partial charge is 0.506 e. The second-order valence-electron chi connectivity index (χ2n) is 7.48. The van der Waals surface area contributed by atoms with Crippen molar-refractivity contribution in [2.75, 3.05) is 20.1 Å². The SMILES string of the molecule is Cc1cc2occc2c(O)c1-c1cc2scc([C@@H]3CCCN(C)C3)c2nn1. The Bertz CT molecular complexity index is 1150. The molecule has 1 saturated heterocycles. The summed E-state index contributed by atoms with van der Waals surface area (Å²) in [6.07, 6.45) is 4.02. The third kappa shape index (κ3) is 2.71. The number of nitrogens with zero attached hydrogens (tertiary/aromatic N) is 3. The molecule has 0 spiro atoms. The van der Waals surface area contributed by atoms with Gasteiger partial charge >= 0.3 is 0 Å². The van der Waals surface area contributed by atoms with E-state index in [1.54, 1.807) is 23.7 Å². The third-order valence-corrected chi connectivity index (χ3v) is 6.53. The van der Waals surface area contributed by atoms with Crippen LogP contribution in [-0.2, 0) is 0 Å². The minimum Gasteiger partial charge on any atom is -0.506 e. The van der Waals surface area contributed by atoms with Crippen molar-refractivity contribution in [2.24, 2.45) is 0 Å². The number of phenols is 1. The van der Waals surface area contributed by atoms with Crippen molar-refractivity contribution in [2.45, 2.75) is 25.7 Å². The first kappa shape index (κ1) is 16.7. The Balaban J connectivity index is 1.60. The monoisotopic (exact) mass is 379 g/mol. The van der Waals surface area contributed by atoms with Crippen LogP contribution in [0.1, 0.15) is 29.9 Å². The van der Waals surface area contributed by atoms with E-state index in [1.807, 2.05) is 13.0 Å². The van der Waals surface area contributed by atoms with Gasteiger partial charge in [-0.2, -0.15) is 0 Å². The Labute approximate surface area is 161 Å². The molecule has 0 radical (unpaired) electrons. The van der Waals surface area contributed by atoms with Gasteiger partial charge in [-0.15, -0.1) is 21.5 Å². The van der Waals surface area contributed by atoms with Gasteiger partial charge in [0.2, 0.25) is 0 Å². The predicted octanol–water partition coefficient (Wildman–Crippen LogP) is 4.93. The van der Waals surface area contributed by atoms with Gasteiger partial charge in [-0.1, -0.05) is 0 Å². The lowest BCUT2D eigenvalue weighted by Crippen LogP contribution is -2.30. The number of phenolic OH excluding ortho intramolecular Hbond substituents is 1. The van der Waals surface area contributed by atoms with Crippen LogP contribution in [0.3, 0.4) is 0 Å². The van der Waals surface area contributed by atoms with E-state index in [2.05, 4.69) is 33.6 Å². The van der Waals surface area contributed by atoms with Crippen molar-refractivity contribution in [3.8, 4) is 17.0 Å². The van der Waals surface area contributed by atoms with Gasteiger partial charge in [0.05, 0.1) is 22.0 Å². The van der Waals surface area contributed by atoms with Crippen molar-refractivity contribution in [1.29, 1.82) is 0 Å². The Morgan fingerprint density at radius 3 is 3.04 bits per heavy atom. The Morgan fingerprint density at radius 2 is 2.19 bits per heavy atom. The minimum atomic E-state index is 0.207. The molecular weight excluding hydrogens is 358 g/mol. The van der Waals surface area contributed by atoms with Crippen LogP contribution in [0.15, 0.2) is 34.3 Å². The second-order valence-corrected chi connectivity index (χ2v) is 8.40. The molecule has 4 aromatic rings. The summed E-state index contributed by atoms with van der Waals surface area (Å²) in [7, 11) is 2.18. The number of rotatable bonds is 2. The van der Waals surface area contributed by atoms with Crippen LogP contribution in [0.25, 0.3) is 32.4 Å². The van der Waals surface area contributed by atoms with Gasteiger partial charge in [0.1, 0.15) is 16.8 Å². The van der Waals surface area contributed by atoms with Gasteiger partial charge in [0.15, 0.2) is 0 Å². The van der Waals surface area contributed by atoms with Crippen LogP contribution in [0.2, 0.25) is 0 Å². The van der Waals surface area contributed by atoms with Crippen LogP contribution in [0, 0.1) is 6.92 Å². The molecule has 5 nitrogen and oxygen atoms in total. The number of aromatic nitrogens is 2. The molecule has 138 valence electrons. The van der Waals surface area contributed by atoms with Gasteiger partial charge < -0.3 is 14.4 Å². The molecule has 0 saturated carbocycles. The summed E-state index contributed by atoms with van der Waals surface area (Å²) in [5.74, 6) is 0.730. The summed E-state index contributed by atoms with van der Waals surface area (Å²) >= 11 is 1.71. The molecule has 1 fully saturated rings. The molecule has 1 N–H and O–H groups in total. The molecule has 0 bridgehead atoms. The first-order valence-corrected chi connectivity index (χ1v) is 10.1. The van der Waals surface area contributed by atoms with Gasteiger partial charge in [-0.25, -0.2) is 0 Å². The lowest BCUT2D eigenvalue weighted by Gasteiger charge is -2.29. The topological polar surface area (TPSA) is 62.4 Å². The van der Waals surface area contributed by atoms with Crippen LogP contribution >= 0.6 is 11.3 Å². The van der Waals surface area contributed by atoms with E-state index in [0.29, 0.717) is 22.6 Å². The highest BCUT2D eigenvalue weighted by atomic mass is 32.1. The van der Waals surface area contributed by atoms with E-state index >= 15 is 0 Å². The highest BCUT2D eigenvalue weighted by molar-refractivity contribution is 7.17. The van der Waals surface area contributed by atoms with Crippen molar-refractivity contribution in [3.63, 3.8) is 0 Å². The average molecular weight is 379 g/mol. The lowest BCUT2D eigenvalue weighted by molar-refractivity contribution is 0.251. The number of thiophene rings is 1. The lowest BCUT2D eigenvalue weighted by atomic mass is 9.92. The summed E-state index contributed by atoms with van der Waals surface area (Å²) in [6, 6.07) is 5.77. The molecule has 0 unspecified atom stereocenters. The number of benzene rings is 1. The Morgan fingerprint density at radius 1 is 1.30 bits per heavy atom. The van der Waals surface area contributed by atoms with Crippen LogP contribution in [0.4, 0.5) is 0 Å². The van der Waals surface area contributed by atoms with E-state index in [4.69, 9.17) is 4.42 Å². The maximum absolute atomic E-state index is 10.8. The molecule has 4 heterocycles. The molecule has 1 aliphatic heterocycles. The normalized spacial score (nSPS) is 18.5. The van der Waals surface area contributed by atoms with E-state index in [-0.39, 0.29) is 5.75 Å². The first-order valence-electron chi connectivity index (χ1n) is 9.25. The molecule has 1 aromatic carbocycles. The summed E-state index contributed by atoms with van der Waals surface area (Å²) in [5.41, 5.74) is 5.36. The number of furan rings is 1. The zero-order valence-electron chi connectivity index (χ0n) is 15.4. The van der Waals surface area contributed by atoms with E-state index in [0.717, 1.165) is 27.9 Å². The molecule has 1 atom stereocenters. The second kappa shape index (κ2) is 6.32. The highest BCUT2D eigenvalue weighted by Gasteiger charge is 2.23. The maximum Gasteiger partial charge on any atom is 0.137 e. The molecule has 5 rings (SSSR count). The molecule has 1 aliphatic rings. The van der Waals surface area contributed by atoms with Gasteiger partial charge in [0, 0.05) is 12.1 Å². The summed E-state index contributed by atoms with van der Waals surface area (Å²) in [4.78, 5) is 2.39. The third-order valence-electron chi connectivity index (χ3n) is 5.59. The Hall–Kier alpha value is -2.44. The molecule has 3 aromatic heterocycles. The van der Waals surface area contributed by atoms with Crippen molar-refractivity contribution >= 4 is 32.5 Å². The number of fused-ring (bicyclic) bond motifs is 2. The van der Waals surface area contributed by atoms with Crippen LogP contribution in [0.5, 0.6) is 5.75 Å². The summed E-state index contributed by atoms with van der Waals surface area (Å²) < 4.78 is 6.54. The predicted molar refractivity (Wildman–Crippen MR) is 108 cm³/mol. The zero-order valence-corrected chi connectivity index (χ0v) is 16.2. The van der Waals surface area contributed by atoms with Crippen molar-refractivity contribution in [1.82, 2.24) is 15.1 Å². The smallest absolute Gasteiger partial charge is 0.137 e. The standard InChI is InChI=1S/C21H21N3O2S/c1-12-8-17-14(5-7-26-17)21(25)19(12)16-9-18-20(23-22-16)15(11-27-18)13-4-3-6-24(2)10-13/h5,7-9,11,13,25H,3-4,6,10H2,1-2H3/t13-/m1/s1. The quantitative estimate of drug-likeness (QED) is 0.535. The average Bonchev–Trinajstić information content (AvgIpc) is 3.28. The molecule has 27 heavy (non-hydrogen) atoms. The fourth-order valence-corrected chi connectivity index (χ4v) is 5.23. The summed E-state index contributed by atoms with van der Waals surface area (Å²) in [5, 5.41) is 22.8. The highest BCUT2D eigenvalue weighted by Crippen LogP contribution is 2.40. The fraction of sp³-hybridized carbons (Fsp3) is 0.333. The van der Waals surface area contributed by atoms with Gasteiger partial charge in [-0.3, -0.25) is 0 Å². The number of hydrogen-bond acceptors (Lipinski definition) is 6. The molecular formula is C21H21N3O2S. The van der Waals surface area contributed by atoms with Crippen LogP contribution < -0.4 is 0 Å². The van der Waals surface area contributed by atoms with Gasteiger partial charge in [-0.05, 0) is 74.0 Å². The summed E-state index contributed by atoms with van der Waals surface area (Å²) in [6.45, 7) is 4.20. The fourth-order valence-electron chi connectivity index (χ4n) is 4.22. The number of hydrogen-bond donors (Lipinski definition) is 1. The number of likely N-dealkylation sites (N-methyl/N-ethyl adjacent to an activating group) is 1. The molecule has 6 heteroatoms. The molecule has 0 aliphatic carbocycles. The van der Waals surface area contributed by atoms with Crippen molar-refractivity contribution < 1.29 is 9.52 Å². The first-order chi connectivity index (χ1) is 13.1. The minimum absolute atomic E-state index is 0.207. The Kier molecular flexibility index (Phi) is 3.91. The van der Waals surface area contributed by atoms with E-state index in [1.165, 1.54) is 24.9 Å². The number of aryl methyl sites for hydroxylation is 1. The van der Waals surface area contributed by atoms with Crippen molar-refractivity contribution in [3.05, 3.63) is 41.0 Å². The van der Waals surface area contributed by atoms with E-state index < -0.39 is 0 Å². The van der Waals surface area contributed by atoms with Gasteiger partial charge in [0.25, 0.3) is 0 Å². The number of aromatic hydroxyl groups is 1.